The summed E-state index contributed by atoms with van der Waals surface area (Å²) >= 11 is 0. The molecule has 1 atom stereocenters. The highest BCUT2D eigenvalue weighted by atomic mass is 19.1. The number of ether oxygens (including phenoxy) is 1. The maximum atomic E-state index is 13.7. The van der Waals surface area contributed by atoms with Gasteiger partial charge >= 0.3 is 0 Å². The van der Waals surface area contributed by atoms with Gasteiger partial charge < -0.3 is 10.5 Å². The molecular weight excluding hydrogens is 265 g/mol. The third-order valence-electron chi connectivity index (χ3n) is 4.08. The zero-order chi connectivity index (χ0) is 15.0. The smallest absolute Gasteiger partial charge is 0.132 e. The van der Waals surface area contributed by atoms with Crippen molar-refractivity contribution >= 4 is 0 Å². The molecule has 110 valence electrons. The van der Waals surface area contributed by atoms with Gasteiger partial charge in [-0.3, -0.25) is 0 Å². The second-order valence-corrected chi connectivity index (χ2v) is 5.81. The Kier molecular flexibility index (Phi) is 3.68. The van der Waals surface area contributed by atoms with E-state index in [1.54, 1.807) is 13.0 Å². The lowest BCUT2D eigenvalue weighted by Gasteiger charge is -2.16. The summed E-state index contributed by atoms with van der Waals surface area (Å²) in [4.78, 5) is 0. The molecule has 1 aliphatic rings. The SMILES string of the molecule is Cc1cc(Oc2ccc3c(c2)CCC3)c(C(C)N)cc1F. The van der Waals surface area contributed by atoms with E-state index in [0.29, 0.717) is 16.9 Å². The molecule has 2 N–H and O–H groups in total. The number of rotatable bonds is 3. The predicted molar refractivity (Wildman–Crippen MR) is 82.3 cm³/mol. The van der Waals surface area contributed by atoms with E-state index in [2.05, 4.69) is 12.1 Å². The van der Waals surface area contributed by atoms with Gasteiger partial charge in [0, 0.05) is 11.6 Å². The second kappa shape index (κ2) is 5.49. The van der Waals surface area contributed by atoms with Crippen LogP contribution in [-0.4, -0.2) is 0 Å². The van der Waals surface area contributed by atoms with E-state index in [1.807, 2.05) is 13.0 Å². The van der Waals surface area contributed by atoms with Gasteiger partial charge in [-0.25, -0.2) is 4.39 Å². The van der Waals surface area contributed by atoms with Crippen LogP contribution in [0.1, 0.15) is 41.6 Å². The zero-order valence-corrected chi connectivity index (χ0v) is 12.4. The first-order valence-corrected chi connectivity index (χ1v) is 7.40. The normalized spacial score (nSPS) is 14.9. The van der Waals surface area contributed by atoms with E-state index in [9.17, 15) is 4.39 Å². The fourth-order valence-electron chi connectivity index (χ4n) is 2.85. The Morgan fingerprint density at radius 1 is 1.14 bits per heavy atom. The Balaban J connectivity index is 1.95. The van der Waals surface area contributed by atoms with E-state index >= 15 is 0 Å². The molecule has 1 unspecified atom stereocenters. The summed E-state index contributed by atoms with van der Waals surface area (Å²) in [5.41, 5.74) is 9.95. The van der Waals surface area contributed by atoms with Gasteiger partial charge in [0.05, 0.1) is 0 Å². The van der Waals surface area contributed by atoms with Crippen molar-refractivity contribution in [3.8, 4) is 11.5 Å². The third-order valence-corrected chi connectivity index (χ3v) is 4.08. The fourth-order valence-corrected chi connectivity index (χ4v) is 2.85. The molecule has 0 aromatic heterocycles. The molecule has 2 aromatic carbocycles. The summed E-state index contributed by atoms with van der Waals surface area (Å²) in [6.07, 6.45) is 3.46. The van der Waals surface area contributed by atoms with Gasteiger partial charge in [0.1, 0.15) is 17.3 Å². The molecular formula is C18H20FNO. The largest absolute Gasteiger partial charge is 0.457 e. The monoisotopic (exact) mass is 285 g/mol. The lowest BCUT2D eigenvalue weighted by Crippen LogP contribution is -2.08. The lowest BCUT2D eigenvalue weighted by atomic mass is 10.0. The predicted octanol–water partition coefficient (Wildman–Crippen LogP) is 4.43. The van der Waals surface area contributed by atoms with Crippen LogP contribution in [0.25, 0.3) is 0 Å². The topological polar surface area (TPSA) is 35.2 Å². The van der Waals surface area contributed by atoms with Crippen molar-refractivity contribution in [2.24, 2.45) is 5.73 Å². The Morgan fingerprint density at radius 3 is 2.67 bits per heavy atom. The van der Waals surface area contributed by atoms with E-state index < -0.39 is 0 Å². The minimum Gasteiger partial charge on any atom is -0.457 e. The second-order valence-electron chi connectivity index (χ2n) is 5.81. The summed E-state index contributed by atoms with van der Waals surface area (Å²) in [5.74, 6) is 1.19. The maximum Gasteiger partial charge on any atom is 0.132 e. The minimum absolute atomic E-state index is 0.247. The van der Waals surface area contributed by atoms with E-state index in [-0.39, 0.29) is 11.9 Å². The first kappa shape index (κ1) is 14.1. The van der Waals surface area contributed by atoms with Gasteiger partial charge in [-0.2, -0.15) is 0 Å². The van der Waals surface area contributed by atoms with E-state index in [1.165, 1.54) is 23.6 Å². The van der Waals surface area contributed by atoms with Crippen molar-refractivity contribution in [2.45, 2.75) is 39.2 Å². The highest BCUT2D eigenvalue weighted by molar-refractivity contribution is 5.45. The minimum atomic E-state index is -0.274. The summed E-state index contributed by atoms with van der Waals surface area (Å²) in [6, 6.07) is 9.12. The van der Waals surface area contributed by atoms with Gasteiger partial charge in [0.25, 0.3) is 0 Å². The van der Waals surface area contributed by atoms with E-state index in [4.69, 9.17) is 10.5 Å². The lowest BCUT2D eigenvalue weighted by molar-refractivity contribution is 0.467. The summed E-state index contributed by atoms with van der Waals surface area (Å²) in [5, 5.41) is 0. The molecule has 3 heteroatoms. The van der Waals surface area contributed by atoms with Crippen LogP contribution < -0.4 is 10.5 Å². The molecule has 3 rings (SSSR count). The Labute approximate surface area is 124 Å². The number of hydrogen-bond donors (Lipinski definition) is 1. The number of fused-ring (bicyclic) bond motifs is 1. The number of hydrogen-bond acceptors (Lipinski definition) is 2. The van der Waals surface area contributed by atoms with Crippen molar-refractivity contribution in [3.63, 3.8) is 0 Å². The quantitative estimate of drug-likeness (QED) is 0.905. The van der Waals surface area contributed by atoms with Crippen LogP contribution in [0.3, 0.4) is 0 Å². The molecule has 0 aliphatic heterocycles. The fraction of sp³-hybridized carbons (Fsp3) is 0.333. The molecule has 0 saturated carbocycles. The highest BCUT2D eigenvalue weighted by Crippen LogP contribution is 2.33. The molecule has 0 fully saturated rings. The number of aryl methyl sites for hydroxylation is 3. The third kappa shape index (κ3) is 2.79. The molecule has 0 spiro atoms. The van der Waals surface area contributed by atoms with Crippen LogP contribution in [0.5, 0.6) is 11.5 Å². The summed E-state index contributed by atoms with van der Waals surface area (Å²) in [6.45, 7) is 3.56. The molecule has 2 nitrogen and oxygen atoms in total. The molecule has 0 bridgehead atoms. The van der Waals surface area contributed by atoms with Crippen LogP contribution in [0.4, 0.5) is 4.39 Å². The number of nitrogens with two attached hydrogens (primary N) is 1. The highest BCUT2D eigenvalue weighted by Gasteiger charge is 2.15. The first-order chi connectivity index (χ1) is 10.0. The zero-order valence-electron chi connectivity index (χ0n) is 12.4. The van der Waals surface area contributed by atoms with Crippen molar-refractivity contribution in [1.82, 2.24) is 0 Å². The average molecular weight is 285 g/mol. The molecule has 1 aliphatic carbocycles. The van der Waals surface area contributed by atoms with Gasteiger partial charge in [-0.15, -0.1) is 0 Å². The van der Waals surface area contributed by atoms with Gasteiger partial charge in [-0.05, 0) is 74.1 Å². The number of benzene rings is 2. The molecule has 0 radical (unpaired) electrons. The van der Waals surface area contributed by atoms with Crippen molar-refractivity contribution in [2.75, 3.05) is 0 Å². The van der Waals surface area contributed by atoms with Gasteiger partial charge in [-0.1, -0.05) is 6.07 Å². The average Bonchev–Trinajstić information content (AvgIpc) is 2.89. The molecule has 0 heterocycles. The van der Waals surface area contributed by atoms with Crippen LogP contribution in [0, 0.1) is 12.7 Å². The van der Waals surface area contributed by atoms with Crippen LogP contribution in [0.2, 0.25) is 0 Å². The van der Waals surface area contributed by atoms with Crippen molar-refractivity contribution < 1.29 is 9.13 Å². The first-order valence-electron chi connectivity index (χ1n) is 7.40. The van der Waals surface area contributed by atoms with Crippen molar-refractivity contribution in [1.29, 1.82) is 0 Å². The number of halogens is 1. The molecule has 0 amide bonds. The maximum absolute atomic E-state index is 13.7. The van der Waals surface area contributed by atoms with E-state index in [0.717, 1.165) is 18.6 Å². The van der Waals surface area contributed by atoms with Crippen molar-refractivity contribution in [3.05, 3.63) is 58.4 Å². The van der Waals surface area contributed by atoms with Gasteiger partial charge in [0.2, 0.25) is 0 Å². The Hall–Kier alpha value is -1.87. The van der Waals surface area contributed by atoms with Crippen LogP contribution >= 0.6 is 0 Å². The molecule has 0 saturated heterocycles. The molecule has 2 aromatic rings. The standard InChI is InChI=1S/C18H20FNO/c1-11-8-18(16(12(2)20)10-17(11)19)21-15-7-6-13-4-3-5-14(13)9-15/h6-10,12H,3-5,20H2,1-2H3. The summed E-state index contributed by atoms with van der Waals surface area (Å²) < 4.78 is 19.7. The van der Waals surface area contributed by atoms with Crippen LogP contribution in [0.15, 0.2) is 30.3 Å². The molecule has 21 heavy (non-hydrogen) atoms. The van der Waals surface area contributed by atoms with Gasteiger partial charge in [0.15, 0.2) is 0 Å². The summed E-state index contributed by atoms with van der Waals surface area (Å²) in [7, 11) is 0. The Bertz CT molecular complexity index is 679. The van der Waals surface area contributed by atoms with Crippen LogP contribution in [-0.2, 0) is 12.8 Å². The Morgan fingerprint density at radius 2 is 1.90 bits per heavy atom.